The summed E-state index contributed by atoms with van der Waals surface area (Å²) in [7, 11) is 0. The van der Waals surface area contributed by atoms with Crippen LogP contribution in [0.3, 0.4) is 0 Å². The molecule has 2 rings (SSSR count). The summed E-state index contributed by atoms with van der Waals surface area (Å²) in [5.41, 5.74) is 3.62. The van der Waals surface area contributed by atoms with Gasteiger partial charge in [-0.15, -0.1) is 0 Å². The number of hydrogen-bond acceptors (Lipinski definition) is 2. The van der Waals surface area contributed by atoms with Crippen LogP contribution in [0.2, 0.25) is 5.02 Å². The van der Waals surface area contributed by atoms with E-state index in [0.29, 0.717) is 23.7 Å². The molecule has 126 valence electrons. The zero-order valence-corrected chi connectivity index (χ0v) is 14.9. The van der Waals surface area contributed by atoms with Crippen molar-refractivity contribution in [3.63, 3.8) is 0 Å². The quantitative estimate of drug-likeness (QED) is 0.898. The number of rotatable bonds is 5. The molecule has 0 atom stereocenters. The highest BCUT2D eigenvalue weighted by Crippen LogP contribution is 2.22. The maximum Gasteiger partial charge on any atom is 0.251 e. The van der Waals surface area contributed by atoms with Crippen molar-refractivity contribution < 1.29 is 9.59 Å². The number of aryl methyl sites for hydroxylation is 1. The van der Waals surface area contributed by atoms with E-state index in [-0.39, 0.29) is 11.8 Å². The predicted octanol–water partition coefficient (Wildman–Crippen LogP) is 3.74. The number of anilines is 1. The van der Waals surface area contributed by atoms with Gasteiger partial charge in [0.25, 0.3) is 5.91 Å². The van der Waals surface area contributed by atoms with Gasteiger partial charge in [-0.3, -0.25) is 9.59 Å². The molecule has 1 N–H and O–H groups in total. The highest BCUT2D eigenvalue weighted by molar-refractivity contribution is 6.30. The molecule has 0 aliphatic heterocycles. The molecule has 0 bridgehead atoms. The molecule has 0 aliphatic carbocycles. The zero-order chi connectivity index (χ0) is 17.7. The van der Waals surface area contributed by atoms with Gasteiger partial charge in [0.1, 0.15) is 0 Å². The van der Waals surface area contributed by atoms with E-state index in [9.17, 15) is 9.59 Å². The van der Waals surface area contributed by atoms with Gasteiger partial charge in [-0.2, -0.15) is 0 Å². The van der Waals surface area contributed by atoms with Crippen LogP contribution in [0.4, 0.5) is 5.69 Å². The first-order chi connectivity index (χ1) is 11.4. The van der Waals surface area contributed by atoms with E-state index < -0.39 is 0 Å². The largest absolute Gasteiger partial charge is 0.350 e. The van der Waals surface area contributed by atoms with E-state index >= 15 is 0 Å². The molecule has 0 heterocycles. The summed E-state index contributed by atoms with van der Waals surface area (Å²) in [5.74, 6) is -0.236. The molecule has 0 saturated heterocycles. The highest BCUT2D eigenvalue weighted by atomic mass is 35.5. The van der Waals surface area contributed by atoms with Crippen molar-refractivity contribution in [2.45, 2.75) is 20.8 Å². The third-order valence-corrected chi connectivity index (χ3v) is 4.23. The maximum atomic E-state index is 12.1. The monoisotopic (exact) mass is 344 g/mol. The molecular weight excluding hydrogens is 324 g/mol. The molecule has 0 spiro atoms. The topological polar surface area (TPSA) is 49.4 Å². The lowest BCUT2D eigenvalue weighted by atomic mass is 10.1. The lowest BCUT2D eigenvalue weighted by Gasteiger charge is -2.24. The molecular formula is C19H21ClN2O2. The van der Waals surface area contributed by atoms with Crippen LogP contribution in [0.1, 0.15) is 28.4 Å². The van der Waals surface area contributed by atoms with Crippen LogP contribution in [0, 0.1) is 13.8 Å². The second-order valence-electron chi connectivity index (χ2n) is 5.65. The summed E-state index contributed by atoms with van der Waals surface area (Å²) in [6.07, 6.45) is 0. The second-order valence-corrected chi connectivity index (χ2v) is 6.09. The van der Waals surface area contributed by atoms with Crippen molar-refractivity contribution in [3.8, 4) is 0 Å². The van der Waals surface area contributed by atoms with Gasteiger partial charge in [0.15, 0.2) is 0 Å². The fraction of sp³-hybridized carbons (Fsp3) is 0.263. The van der Waals surface area contributed by atoms with Crippen LogP contribution in [0.5, 0.6) is 0 Å². The van der Waals surface area contributed by atoms with Gasteiger partial charge >= 0.3 is 0 Å². The Morgan fingerprint density at radius 3 is 2.38 bits per heavy atom. The molecule has 0 saturated carbocycles. The Balaban J connectivity index is 2.02. The minimum atomic E-state index is -0.184. The SMILES string of the molecule is CC(=O)N(CCNC(=O)c1ccc(Cl)cc1)c1cccc(C)c1C. The fourth-order valence-corrected chi connectivity index (χ4v) is 2.59. The number of hydrogen-bond donors (Lipinski definition) is 1. The third-order valence-electron chi connectivity index (χ3n) is 3.97. The molecule has 2 aromatic rings. The van der Waals surface area contributed by atoms with Crippen LogP contribution in [-0.4, -0.2) is 24.9 Å². The first kappa shape index (κ1) is 18.0. The van der Waals surface area contributed by atoms with Gasteiger partial charge in [-0.1, -0.05) is 23.7 Å². The molecule has 2 aromatic carbocycles. The van der Waals surface area contributed by atoms with Gasteiger partial charge < -0.3 is 10.2 Å². The highest BCUT2D eigenvalue weighted by Gasteiger charge is 2.15. The Hall–Kier alpha value is -2.33. The molecule has 0 fully saturated rings. The average molecular weight is 345 g/mol. The summed E-state index contributed by atoms with van der Waals surface area (Å²) < 4.78 is 0. The number of carbonyl (C=O) groups excluding carboxylic acids is 2. The Bertz CT molecular complexity index is 742. The minimum absolute atomic E-state index is 0.0514. The molecule has 0 aliphatic rings. The average Bonchev–Trinajstić information content (AvgIpc) is 2.55. The van der Waals surface area contributed by atoms with Crippen LogP contribution < -0.4 is 10.2 Å². The predicted molar refractivity (Wildman–Crippen MR) is 97.7 cm³/mol. The molecule has 5 heteroatoms. The lowest BCUT2D eigenvalue weighted by molar-refractivity contribution is -0.116. The van der Waals surface area contributed by atoms with E-state index in [2.05, 4.69) is 5.32 Å². The lowest BCUT2D eigenvalue weighted by Crippen LogP contribution is -2.38. The summed E-state index contributed by atoms with van der Waals surface area (Å²) >= 11 is 5.82. The van der Waals surface area contributed by atoms with Crippen LogP contribution in [0.25, 0.3) is 0 Å². The Morgan fingerprint density at radius 1 is 1.08 bits per heavy atom. The van der Waals surface area contributed by atoms with Crippen molar-refractivity contribution in [2.75, 3.05) is 18.0 Å². The minimum Gasteiger partial charge on any atom is -0.350 e. The van der Waals surface area contributed by atoms with Crippen molar-refractivity contribution >= 4 is 29.1 Å². The fourth-order valence-electron chi connectivity index (χ4n) is 2.46. The Labute approximate surface area is 147 Å². The van der Waals surface area contributed by atoms with E-state index in [4.69, 9.17) is 11.6 Å². The van der Waals surface area contributed by atoms with E-state index in [1.807, 2.05) is 32.0 Å². The van der Waals surface area contributed by atoms with Gasteiger partial charge in [0.05, 0.1) is 0 Å². The second kappa shape index (κ2) is 7.97. The van der Waals surface area contributed by atoms with Crippen LogP contribution in [0.15, 0.2) is 42.5 Å². The first-order valence-corrected chi connectivity index (χ1v) is 8.16. The molecule has 0 aromatic heterocycles. The molecule has 4 nitrogen and oxygen atoms in total. The zero-order valence-electron chi connectivity index (χ0n) is 14.1. The first-order valence-electron chi connectivity index (χ1n) is 7.78. The summed E-state index contributed by atoms with van der Waals surface area (Å²) in [5, 5.41) is 3.42. The van der Waals surface area contributed by atoms with E-state index in [1.54, 1.807) is 29.2 Å². The number of carbonyl (C=O) groups is 2. The number of nitrogens with zero attached hydrogens (tertiary/aromatic N) is 1. The van der Waals surface area contributed by atoms with Gasteiger partial charge in [0, 0.05) is 36.3 Å². The number of benzene rings is 2. The van der Waals surface area contributed by atoms with Crippen LogP contribution in [-0.2, 0) is 4.79 Å². The van der Waals surface area contributed by atoms with Crippen molar-refractivity contribution in [2.24, 2.45) is 0 Å². The Morgan fingerprint density at radius 2 is 1.75 bits per heavy atom. The number of halogens is 1. The van der Waals surface area contributed by atoms with Gasteiger partial charge in [0.2, 0.25) is 5.91 Å². The maximum absolute atomic E-state index is 12.1. The molecule has 24 heavy (non-hydrogen) atoms. The molecule has 0 unspecified atom stereocenters. The van der Waals surface area contributed by atoms with Gasteiger partial charge in [-0.25, -0.2) is 0 Å². The third kappa shape index (κ3) is 4.36. The van der Waals surface area contributed by atoms with Crippen molar-refractivity contribution in [3.05, 3.63) is 64.2 Å². The molecule has 2 amide bonds. The van der Waals surface area contributed by atoms with E-state index in [0.717, 1.165) is 16.8 Å². The summed E-state index contributed by atoms with van der Waals surface area (Å²) in [6.45, 7) is 6.32. The number of amides is 2. The van der Waals surface area contributed by atoms with Crippen LogP contribution >= 0.6 is 11.6 Å². The summed E-state index contributed by atoms with van der Waals surface area (Å²) in [6, 6.07) is 12.6. The van der Waals surface area contributed by atoms with Gasteiger partial charge in [-0.05, 0) is 55.3 Å². The Kier molecular flexibility index (Phi) is 5.99. The van der Waals surface area contributed by atoms with E-state index in [1.165, 1.54) is 6.92 Å². The van der Waals surface area contributed by atoms with Crippen molar-refractivity contribution in [1.82, 2.24) is 5.32 Å². The smallest absolute Gasteiger partial charge is 0.251 e. The van der Waals surface area contributed by atoms with Crippen molar-refractivity contribution in [1.29, 1.82) is 0 Å². The standard InChI is InChI=1S/C19H21ClN2O2/c1-13-5-4-6-18(14(13)2)22(15(3)23)12-11-21-19(24)16-7-9-17(20)10-8-16/h4-10H,11-12H2,1-3H3,(H,21,24). The molecule has 0 radical (unpaired) electrons. The normalized spacial score (nSPS) is 10.3. The number of nitrogens with one attached hydrogen (secondary N) is 1. The summed E-state index contributed by atoms with van der Waals surface area (Å²) in [4.78, 5) is 25.8.